The minimum atomic E-state index is 0.685. The van der Waals surface area contributed by atoms with Crippen LogP contribution in [0.2, 0.25) is 0 Å². The lowest BCUT2D eigenvalue weighted by atomic mass is 9.84. The Hall–Kier alpha value is -1.18. The molecule has 2 nitrogen and oxygen atoms in total. The SMILES string of the molecule is Cc1ccc2c(c1)NCC1CCCCC1N2. The number of fused-ring (bicyclic) bond motifs is 2. The molecule has 2 atom stereocenters. The lowest BCUT2D eigenvalue weighted by Gasteiger charge is -2.30. The van der Waals surface area contributed by atoms with Crippen LogP contribution in [-0.4, -0.2) is 12.6 Å². The van der Waals surface area contributed by atoms with Crippen molar-refractivity contribution in [3.63, 3.8) is 0 Å². The highest BCUT2D eigenvalue weighted by Crippen LogP contribution is 2.34. The van der Waals surface area contributed by atoms with Crippen LogP contribution in [0.15, 0.2) is 18.2 Å². The van der Waals surface area contributed by atoms with Crippen molar-refractivity contribution in [2.75, 3.05) is 17.2 Å². The van der Waals surface area contributed by atoms with Crippen molar-refractivity contribution in [3.8, 4) is 0 Å². The molecule has 0 radical (unpaired) electrons. The van der Waals surface area contributed by atoms with Gasteiger partial charge in [-0.15, -0.1) is 0 Å². The maximum atomic E-state index is 3.73. The average molecular weight is 216 g/mol. The van der Waals surface area contributed by atoms with E-state index in [-0.39, 0.29) is 0 Å². The van der Waals surface area contributed by atoms with E-state index in [0.717, 1.165) is 12.5 Å². The molecule has 2 aliphatic rings. The second kappa shape index (κ2) is 4.00. The van der Waals surface area contributed by atoms with Gasteiger partial charge in [0.25, 0.3) is 0 Å². The Morgan fingerprint density at radius 2 is 2.00 bits per heavy atom. The zero-order chi connectivity index (χ0) is 11.0. The first-order valence-corrected chi connectivity index (χ1v) is 6.44. The third kappa shape index (κ3) is 1.77. The van der Waals surface area contributed by atoms with E-state index in [0.29, 0.717) is 6.04 Å². The highest BCUT2D eigenvalue weighted by Gasteiger charge is 2.27. The van der Waals surface area contributed by atoms with Gasteiger partial charge in [-0.2, -0.15) is 0 Å². The van der Waals surface area contributed by atoms with Crippen LogP contribution in [0, 0.1) is 12.8 Å². The van der Waals surface area contributed by atoms with Crippen LogP contribution in [0.1, 0.15) is 31.2 Å². The van der Waals surface area contributed by atoms with Gasteiger partial charge in [0, 0.05) is 12.6 Å². The summed E-state index contributed by atoms with van der Waals surface area (Å²) in [6.45, 7) is 3.29. The molecular weight excluding hydrogens is 196 g/mol. The molecule has 86 valence electrons. The fourth-order valence-electron chi connectivity index (χ4n) is 3.01. The first-order valence-electron chi connectivity index (χ1n) is 6.44. The third-order valence-electron chi connectivity index (χ3n) is 3.98. The highest BCUT2D eigenvalue weighted by atomic mass is 15.0. The fourth-order valence-corrected chi connectivity index (χ4v) is 3.01. The number of hydrogen-bond acceptors (Lipinski definition) is 2. The second-order valence-corrected chi connectivity index (χ2v) is 5.23. The molecule has 1 saturated carbocycles. The number of anilines is 2. The van der Waals surface area contributed by atoms with Gasteiger partial charge in [-0.3, -0.25) is 0 Å². The summed E-state index contributed by atoms with van der Waals surface area (Å²) in [4.78, 5) is 0. The number of aryl methyl sites for hydroxylation is 1. The molecule has 1 aliphatic heterocycles. The summed E-state index contributed by atoms with van der Waals surface area (Å²) in [6.07, 6.45) is 5.49. The first kappa shape index (κ1) is 10.0. The van der Waals surface area contributed by atoms with E-state index in [1.54, 1.807) is 0 Å². The zero-order valence-electron chi connectivity index (χ0n) is 9.92. The molecule has 1 aliphatic carbocycles. The van der Waals surface area contributed by atoms with Crippen LogP contribution in [0.5, 0.6) is 0 Å². The molecule has 1 fully saturated rings. The summed E-state index contributed by atoms with van der Waals surface area (Å²) in [5, 5.41) is 7.33. The standard InChI is InChI=1S/C14H20N2/c1-10-6-7-13-14(8-10)15-9-11-4-2-3-5-12(11)16-13/h6-8,11-12,15-16H,2-5,9H2,1H3. The molecule has 3 rings (SSSR count). The van der Waals surface area contributed by atoms with E-state index in [4.69, 9.17) is 0 Å². The largest absolute Gasteiger partial charge is 0.383 e. The van der Waals surface area contributed by atoms with Crippen LogP contribution >= 0.6 is 0 Å². The van der Waals surface area contributed by atoms with E-state index >= 15 is 0 Å². The predicted octanol–water partition coefficient (Wildman–Crippen LogP) is 3.39. The second-order valence-electron chi connectivity index (χ2n) is 5.23. The Balaban J connectivity index is 1.89. The summed E-state index contributed by atoms with van der Waals surface area (Å²) in [7, 11) is 0. The maximum absolute atomic E-state index is 3.73. The summed E-state index contributed by atoms with van der Waals surface area (Å²) in [5.74, 6) is 0.807. The Labute approximate surface area is 97.4 Å². The van der Waals surface area contributed by atoms with Crippen molar-refractivity contribution in [1.29, 1.82) is 0 Å². The van der Waals surface area contributed by atoms with Crippen molar-refractivity contribution < 1.29 is 0 Å². The molecule has 0 saturated heterocycles. The van der Waals surface area contributed by atoms with Crippen molar-refractivity contribution >= 4 is 11.4 Å². The van der Waals surface area contributed by atoms with Gasteiger partial charge in [-0.05, 0) is 43.4 Å². The Bertz CT molecular complexity index is 386. The van der Waals surface area contributed by atoms with Crippen molar-refractivity contribution in [1.82, 2.24) is 0 Å². The van der Waals surface area contributed by atoms with E-state index in [2.05, 4.69) is 35.8 Å². The first-order chi connectivity index (χ1) is 7.83. The highest BCUT2D eigenvalue weighted by molar-refractivity contribution is 5.70. The van der Waals surface area contributed by atoms with Crippen molar-refractivity contribution in [2.24, 2.45) is 5.92 Å². The van der Waals surface area contributed by atoms with Gasteiger partial charge in [-0.25, -0.2) is 0 Å². The van der Waals surface area contributed by atoms with Gasteiger partial charge in [0.05, 0.1) is 11.4 Å². The molecule has 2 N–H and O–H groups in total. The van der Waals surface area contributed by atoms with E-state index < -0.39 is 0 Å². The van der Waals surface area contributed by atoms with Gasteiger partial charge in [0.1, 0.15) is 0 Å². The number of benzene rings is 1. The molecule has 0 spiro atoms. The monoisotopic (exact) mass is 216 g/mol. The Morgan fingerprint density at radius 3 is 2.94 bits per heavy atom. The molecule has 16 heavy (non-hydrogen) atoms. The Morgan fingerprint density at radius 1 is 1.12 bits per heavy atom. The van der Waals surface area contributed by atoms with Gasteiger partial charge in [0.15, 0.2) is 0 Å². The maximum Gasteiger partial charge on any atom is 0.0578 e. The van der Waals surface area contributed by atoms with Crippen LogP contribution < -0.4 is 10.6 Å². The van der Waals surface area contributed by atoms with Gasteiger partial charge < -0.3 is 10.6 Å². The average Bonchev–Trinajstić information content (AvgIpc) is 2.48. The number of rotatable bonds is 0. The van der Waals surface area contributed by atoms with Crippen LogP contribution in [-0.2, 0) is 0 Å². The Kier molecular flexibility index (Phi) is 2.50. The fraction of sp³-hybridized carbons (Fsp3) is 0.571. The van der Waals surface area contributed by atoms with Gasteiger partial charge in [-0.1, -0.05) is 18.9 Å². The molecule has 0 aromatic heterocycles. The lowest BCUT2D eigenvalue weighted by molar-refractivity contribution is 0.342. The van der Waals surface area contributed by atoms with Crippen LogP contribution in [0.3, 0.4) is 0 Å². The minimum absolute atomic E-state index is 0.685. The van der Waals surface area contributed by atoms with Crippen LogP contribution in [0.4, 0.5) is 11.4 Å². The summed E-state index contributed by atoms with van der Waals surface area (Å²) in [6, 6.07) is 7.34. The summed E-state index contributed by atoms with van der Waals surface area (Å²) in [5.41, 5.74) is 3.91. The molecule has 1 aromatic carbocycles. The molecular formula is C14H20N2. The van der Waals surface area contributed by atoms with Crippen LogP contribution in [0.25, 0.3) is 0 Å². The topological polar surface area (TPSA) is 24.1 Å². The quantitative estimate of drug-likeness (QED) is 0.694. The van der Waals surface area contributed by atoms with E-state index in [1.165, 1.54) is 42.6 Å². The lowest BCUT2D eigenvalue weighted by Crippen LogP contribution is -2.34. The minimum Gasteiger partial charge on any atom is -0.383 e. The smallest absolute Gasteiger partial charge is 0.0578 e. The van der Waals surface area contributed by atoms with Crippen molar-refractivity contribution in [2.45, 2.75) is 38.6 Å². The molecule has 2 heteroatoms. The van der Waals surface area contributed by atoms with Gasteiger partial charge >= 0.3 is 0 Å². The molecule has 1 aromatic rings. The third-order valence-corrected chi connectivity index (χ3v) is 3.98. The molecule has 2 unspecified atom stereocenters. The van der Waals surface area contributed by atoms with E-state index in [9.17, 15) is 0 Å². The predicted molar refractivity (Wildman–Crippen MR) is 69.0 cm³/mol. The normalized spacial score (nSPS) is 28.1. The molecule has 1 heterocycles. The summed E-state index contributed by atoms with van der Waals surface area (Å²) >= 11 is 0. The molecule has 0 amide bonds. The van der Waals surface area contributed by atoms with E-state index in [1.807, 2.05) is 0 Å². The zero-order valence-corrected chi connectivity index (χ0v) is 9.92. The van der Waals surface area contributed by atoms with Gasteiger partial charge in [0.2, 0.25) is 0 Å². The number of nitrogens with one attached hydrogen (secondary N) is 2. The number of hydrogen-bond donors (Lipinski definition) is 2. The molecule has 0 bridgehead atoms. The summed E-state index contributed by atoms with van der Waals surface area (Å²) < 4.78 is 0. The van der Waals surface area contributed by atoms with Crippen molar-refractivity contribution in [3.05, 3.63) is 23.8 Å².